The standard InChI is InChI=1S/C20H14Cl2N2O5/c1-11-17(20(26)29-2)15(10-12-4-3-5-16(21)18(12)22)19(25)23(11)13-6-8-14(9-7-13)24(27)28/h3-10H,1-2H3. The number of nitro benzene ring substituents is 1. The summed E-state index contributed by atoms with van der Waals surface area (Å²) in [5.74, 6) is -1.18. The van der Waals surface area contributed by atoms with Crippen LogP contribution in [0, 0.1) is 10.1 Å². The van der Waals surface area contributed by atoms with Gasteiger partial charge in [-0.2, -0.15) is 0 Å². The second kappa shape index (κ2) is 8.06. The molecule has 1 aliphatic heterocycles. The van der Waals surface area contributed by atoms with Gasteiger partial charge >= 0.3 is 5.97 Å². The lowest BCUT2D eigenvalue weighted by Crippen LogP contribution is -2.24. The molecule has 7 nitrogen and oxygen atoms in total. The molecular formula is C20H14Cl2N2O5. The maximum atomic E-state index is 13.2. The van der Waals surface area contributed by atoms with E-state index in [2.05, 4.69) is 0 Å². The minimum atomic E-state index is -0.690. The Kier molecular flexibility index (Phi) is 5.72. The zero-order valence-corrected chi connectivity index (χ0v) is 16.8. The van der Waals surface area contributed by atoms with Crippen molar-refractivity contribution in [2.24, 2.45) is 0 Å². The summed E-state index contributed by atoms with van der Waals surface area (Å²) in [5, 5.41) is 11.4. The Bertz CT molecular complexity index is 1090. The van der Waals surface area contributed by atoms with Gasteiger partial charge in [0, 0.05) is 23.5 Å². The van der Waals surface area contributed by atoms with Crippen LogP contribution < -0.4 is 4.90 Å². The van der Waals surface area contributed by atoms with E-state index in [1.54, 1.807) is 25.1 Å². The van der Waals surface area contributed by atoms with E-state index < -0.39 is 16.8 Å². The Balaban J connectivity index is 2.14. The Hall–Kier alpha value is -3.16. The van der Waals surface area contributed by atoms with Gasteiger partial charge in [0.2, 0.25) is 0 Å². The van der Waals surface area contributed by atoms with Crippen molar-refractivity contribution in [2.45, 2.75) is 6.92 Å². The number of methoxy groups -OCH3 is 1. The van der Waals surface area contributed by atoms with Crippen LogP contribution in [0.2, 0.25) is 10.0 Å². The van der Waals surface area contributed by atoms with Crippen LogP contribution in [0.4, 0.5) is 11.4 Å². The number of benzene rings is 2. The Morgan fingerprint density at radius 1 is 1.17 bits per heavy atom. The number of amides is 1. The second-order valence-electron chi connectivity index (χ2n) is 6.07. The lowest BCUT2D eigenvalue weighted by Gasteiger charge is -2.17. The molecule has 1 heterocycles. The topological polar surface area (TPSA) is 89.8 Å². The van der Waals surface area contributed by atoms with Crippen molar-refractivity contribution in [1.29, 1.82) is 0 Å². The summed E-state index contributed by atoms with van der Waals surface area (Å²) >= 11 is 12.3. The number of ether oxygens (including phenoxy) is 1. The summed E-state index contributed by atoms with van der Waals surface area (Å²) in [7, 11) is 1.21. The molecule has 2 aromatic carbocycles. The number of nitro groups is 1. The van der Waals surface area contributed by atoms with E-state index in [0.29, 0.717) is 22.0 Å². The summed E-state index contributed by atoms with van der Waals surface area (Å²) in [5.41, 5.74) is 1.21. The largest absolute Gasteiger partial charge is 0.465 e. The number of carbonyl (C=O) groups is 2. The quantitative estimate of drug-likeness (QED) is 0.300. The predicted octanol–water partition coefficient (Wildman–Crippen LogP) is 4.78. The number of halogens is 2. The van der Waals surface area contributed by atoms with Crippen LogP contribution in [-0.2, 0) is 14.3 Å². The van der Waals surface area contributed by atoms with Crippen LogP contribution in [0.15, 0.2) is 59.3 Å². The van der Waals surface area contributed by atoms with Crippen molar-refractivity contribution in [3.8, 4) is 0 Å². The molecule has 0 aliphatic carbocycles. The fourth-order valence-corrected chi connectivity index (χ4v) is 3.36. The Morgan fingerprint density at radius 2 is 1.83 bits per heavy atom. The highest BCUT2D eigenvalue weighted by atomic mass is 35.5. The van der Waals surface area contributed by atoms with Crippen LogP contribution in [0.25, 0.3) is 6.08 Å². The molecule has 1 aliphatic rings. The highest BCUT2D eigenvalue weighted by Crippen LogP contribution is 2.37. The highest BCUT2D eigenvalue weighted by molar-refractivity contribution is 6.43. The zero-order valence-electron chi connectivity index (χ0n) is 15.3. The lowest BCUT2D eigenvalue weighted by molar-refractivity contribution is -0.384. The van der Waals surface area contributed by atoms with Crippen LogP contribution in [0.1, 0.15) is 12.5 Å². The van der Waals surface area contributed by atoms with E-state index in [-0.39, 0.29) is 21.9 Å². The average Bonchev–Trinajstić information content (AvgIpc) is 2.94. The number of hydrogen-bond acceptors (Lipinski definition) is 5. The van der Waals surface area contributed by atoms with E-state index in [9.17, 15) is 19.7 Å². The number of allylic oxidation sites excluding steroid dienone is 1. The monoisotopic (exact) mass is 432 g/mol. The van der Waals surface area contributed by atoms with Crippen molar-refractivity contribution in [1.82, 2.24) is 0 Å². The normalized spacial score (nSPS) is 15.2. The molecule has 0 N–H and O–H groups in total. The summed E-state index contributed by atoms with van der Waals surface area (Å²) in [6, 6.07) is 10.4. The number of rotatable bonds is 4. The number of anilines is 1. The molecule has 9 heteroatoms. The van der Waals surface area contributed by atoms with Gasteiger partial charge in [-0.1, -0.05) is 35.3 Å². The maximum Gasteiger partial charge on any atom is 0.340 e. The number of non-ortho nitro benzene ring substituents is 1. The van der Waals surface area contributed by atoms with Crippen molar-refractivity contribution < 1.29 is 19.2 Å². The van der Waals surface area contributed by atoms with Gasteiger partial charge in [0.25, 0.3) is 11.6 Å². The molecule has 0 saturated carbocycles. The third-order valence-electron chi connectivity index (χ3n) is 4.39. The van der Waals surface area contributed by atoms with E-state index in [4.69, 9.17) is 27.9 Å². The molecule has 0 atom stereocenters. The minimum Gasteiger partial charge on any atom is -0.465 e. The maximum absolute atomic E-state index is 13.2. The number of esters is 1. The van der Waals surface area contributed by atoms with Gasteiger partial charge in [0.1, 0.15) is 0 Å². The van der Waals surface area contributed by atoms with Crippen LogP contribution >= 0.6 is 23.2 Å². The second-order valence-corrected chi connectivity index (χ2v) is 6.85. The van der Waals surface area contributed by atoms with Gasteiger partial charge in [0.05, 0.1) is 33.2 Å². The first-order chi connectivity index (χ1) is 13.8. The molecule has 0 spiro atoms. The van der Waals surface area contributed by atoms with Crippen molar-refractivity contribution in [2.75, 3.05) is 12.0 Å². The third kappa shape index (κ3) is 3.74. The van der Waals surface area contributed by atoms with Gasteiger partial charge in [0.15, 0.2) is 0 Å². The van der Waals surface area contributed by atoms with E-state index >= 15 is 0 Å². The van der Waals surface area contributed by atoms with Crippen molar-refractivity contribution in [3.05, 3.63) is 85.0 Å². The summed E-state index contributed by atoms with van der Waals surface area (Å²) in [6.07, 6.45) is 1.47. The summed E-state index contributed by atoms with van der Waals surface area (Å²) < 4.78 is 4.84. The first kappa shape index (κ1) is 20.6. The lowest BCUT2D eigenvalue weighted by atomic mass is 10.0. The first-order valence-electron chi connectivity index (χ1n) is 8.30. The molecule has 3 rings (SSSR count). The first-order valence-corrected chi connectivity index (χ1v) is 9.06. The van der Waals surface area contributed by atoms with E-state index in [0.717, 1.165) is 0 Å². The number of carbonyl (C=O) groups excluding carboxylic acids is 2. The van der Waals surface area contributed by atoms with Gasteiger partial charge in [-0.25, -0.2) is 4.79 Å². The number of nitrogens with zero attached hydrogens (tertiary/aromatic N) is 2. The molecule has 2 aromatic rings. The minimum absolute atomic E-state index is 0.0758. The van der Waals surface area contributed by atoms with Crippen LogP contribution in [0.5, 0.6) is 0 Å². The van der Waals surface area contributed by atoms with Crippen molar-refractivity contribution >= 4 is 52.5 Å². The van der Waals surface area contributed by atoms with Crippen LogP contribution in [-0.4, -0.2) is 23.9 Å². The zero-order chi connectivity index (χ0) is 21.3. The van der Waals surface area contributed by atoms with Gasteiger partial charge < -0.3 is 4.74 Å². The SMILES string of the molecule is COC(=O)C1=C(C)N(c2ccc([N+](=O)[O-])cc2)C(=O)C1=Cc1cccc(Cl)c1Cl. The molecule has 0 saturated heterocycles. The Morgan fingerprint density at radius 3 is 2.41 bits per heavy atom. The number of hydrogen-bond donors (Lipinski definition) is 0. The molecule has 0 unspecified atom stereocenters. The highest BCUT2D eigenvalue weighted by Gasteiger charge is 2.38. The van der Waals surface area contributed by atoms with E-state index in [1.807, 2.05) is 0 Å². The third-order valence-corrected chi connectivity index (χ3v) is 5.22. The summed E-state index contributed by atoms with van der Waals surface area (Å²) in [4.78, 5) is 37.2. The Labute approximate surface area is 175 Å². The smallest absolute Gasteiger partial charge is 0.340 e. The molecule has 0 radical (unpaired) electrons. The van der Waals surface area contributed by atoms with Gasteiger partial charge in [-0.3, -0.25) is 19.8 Å². The fourth-order valence-electron chi connectivity index (χ4n) is 3.00. The molecule has 0 aromatic heterocycles. The molecule has 0 bridgehead atoms. The van der Waals surface area contributed by atoms with Gasteiger partial charge in [-0.15, -0.1) is 0 Å². The summed E-state index contributed by atoms with van der Waals surface area (Å²) in [6.45, 7) is 1.59. The van der Waals surface area contributed by atoms with Crippen LogP contribution in [0.3, 0.4) is 0 Å². The van der Waals surface area contributed by atoms with Gasteiger partial charge in [-0.05, 0) is 36.8 Å². The predicted molar refractivity (Wildman–Crippen MR) is 110 cm³/mol. The van der Waals surface area contributed by atoms with Crippen molar-refractivity contribution in [3.63, 3.8) is 0 Å². The fraction of sp³-hybridized carbons (Fsp3) is 0.100. The molecule has 1 amide bonds. The van der Waals surface area contributed by atoms with E-state index in [1.165, 1.54) is 42.4 Å². The average molecular weight is 433 g/mol. The molecule has 148 valence electrons. The molecule has 0 fully saturated rings. The molecular weight excluding hydrogens is 419 g/mol. The molecule has 29 heavy (non-hydrogen) atoms.